The van der Waals surface area contributed by atoms with Crippen LogP contribution in [0.3, 0.4) is 0 Å². The minimum absolute atomic E-state index is 0.0716. The number of anilines is 1. The summed E-state index contributed by atoms with van der Waals surface area (Å²) in [5.74, 6) is -0.00774. The van der Waals surface area contributed by atoms with Crippen molar-refractivity contribution in [3.8, 4) is 5.75 Å². The summed E-state index contributed by atoms with van der Waals surface area (Å²) in [6.45, 7) is 6.66. The van der Waals surface area contributed by atoms with Crippen LogP contribution < -0.4 is 20.7 Å². The predicted octanol–water partition coefficient (Wildman–Crippen LogP) is 2.61. The van der Waals surface area contributed by atoms with Crippen LogP contribution in [0.4, 0.5) is 5.69 Å². The van der Waals surface area contributed by atoms with Gasteiger partial charge in [0.1, 0.15) is 24.5 Å². The number of carbonyl (C=O) groups excluding carboxylic acids is 2. The van der Waals surface area contributed by atoms with Crippen LogP contribution in [0, 0.1) is 0 Å². The van der Waals surface area contributed by atoms with Crippen molar-refractivity contribution in [2.45, 2.75) is 38.6 Å². The summed E-state index contributed by atoms with van der Waals surface area (Å²) in [6, 6.07) is 14.8. The fourth-order valence-corrected chi connectivity index (χ4v) is 3.44. The fourth-order valence-electron chi connectivity index (χ4n) is 3.44. The number of esters is 1. The largest absolute Gasteiger partial charge is 0.492 e. The van der Waals surface area contributed by atoms with E-state index in [1.807, 2.05) is 42.6 Å². The minimum Gasteiger partial charge on any atom is -0.492 e. The standard InChI is InChI=1S/C26H35N5O5/c1-26(2,3)36-23(32)17-27-24(33)19-7-5-18(6-8-19)20-15-28-25(29-16-20)30-21-9-11-22(12-10-21)35-14-13-31(4)34/h5-12,15,20,25,29-30,34H,13-14,16-17H2,1-4H3,(H,27,33). The first kappa shape index (κ1) is 27.1. The Morgan fingerprint density at radius 2 is 1.83 bits per heavy atom. The Kier molecular flexibility index (Phi) is 9.40. The van der Waals surface area contributed by atoms with Crippen molar-refractivity contribution in [3.05, 3.63) is 59.7 Å². The van der Waals surface area contributed by atoms with Gasteiger partial charge in [0.05, 0.1) is 6.54 Å². The Bertz CT molecular complexity index is 1030. The third-order valence-electron chi connectivity index (χ3n) is 5.20. The molecule has 2 aromatic rings. The lowest BCUT2D eigenvalue weighted by Crippen LogP contribution is -2.41. The molecule has 1 aliphatic rings. The number of ether oxygens (including phenoxy) is 2. The molecule has 10 heteroatoms. The highest BCUT2D eigenvalue weighted by Gasteiger charge is 2.19. The van der Waals surface area contributed by atoms with E-state index in [1.165, 1.54) is 0 Å². The van der Waals surface area contributed by atoms with Gasteiger partial charge in [0.25, 0.3) is 5.91 Å². The second kappa shape index (κ2) is 12.5. The Morgan fingerprint density at radius 3 is 2.42 bits per heavy atom. The van der Waals surface area contributed by atoms with Crippen molar-refractivity contribution < 1.29 is 24.3 Å². The molecule has 2 atom stereocenters. The maximum absolute atomic E-state index is 12.3. The van der Waals surface area contributed by atoms with Crippen molar-refractivity contribution in [3.63, 3.8) is 0 Å². The van der Waals surface area contributed by atoms with Crippen molar-refractivity contribution in [2.75, 3.05) is 38.6 Å². The van der Waals surface area contributed by atoms with E-state index in [1.54, 1.807) is 40.0 Å². The third-order valence-corrected chi connectivity index (χ3v) is 5.20. The first-order chi connectivity index (χ1) is 17.1. The number of benzene rings is 2. The first-order valence-electron chi connectivity index (χ1n) is 11.9. The molecular formula is C26H35N5O5. The van der Waals surface area contributed by atoms with Gasteiger partial charge in [0.15, 0.2) is 6.29 Å². The Labute approximate surface area is 211 Å². The molecule has 0 saturated heterocycles. The van der Waals surface area contributed by atoms with Crippen LogP contribution in [0.2, 0.25) is 0 Å². The number of rotatable bonds is 10. The molecule has 1 heterocycles. The zero-order chi connectivity index (χ0) is 26.1. The molecule has 36 heavy (non-hydrogen) atoms. The molecule has 4 N–H and O–H groups in total. The van der Waals surface area contributed by atoms with Gasteiger partial charge in [-0.2, -0.15) is 5.06 Å². The number of nitrogens with one attached hydrogen (secondary N) is 3. The molecule has 0 fully saturated rings. The molecule has 0 aromatic heterocycles. The van der Waals surface area contributed by atoms with Crippen LogP contribution in [-0.4, -0.2) is 73.5 Å². The maximum Gasteiger partial charge on any atom is 0.325 e. The maximum atomic E-state index is 12.3. The summed E-state index contributed by atoms with van der Waals surface area (Å²) in [7, 11) is 1.57. The molecule has 2 aromatic carbocycles. The molecule has 2 unspecified atom stereocenters. The van der Waals surface area contributed by atoms with E-state index in [9.17, 15) is 9.59 Å². The third kappa shape index (κ3) is 8.95. The van der Waals surface area contributed by atoms with E-state index >= 15 is 0 Å². The summed E-state index contributed by atoms with van der Waals surface area (Å²) in [5, 5.41) is 19.5. The summed E-state index contributed by atoms with van der Waals surface area (Å²) >= 11 is 0. The van der Waals surface area contributed by atoms with E-state index < -0.39 is 11.6 Å². The minimum atomic E-state index is -0.591. The molecule has 10 nitrogen and oxygen atoms in total. The van der Waals surface area contributed by atoms with Crippen molar-refractivity contribution >= 4 is 23.8 Å². The number of nitrogens with zero attached hydrogens (tertiary/aromatic N) is 2. The molecule has 3 rings (SSSR count). The van der Waals surface area contributed by atoms with Gasteiger partial charge in [-0.3, -0.25) is 19.9 Å². The molecule has 194 valence electrons. The zero-order valence-corrected chi connectivity index (χ0v) is 21.2. The highest BCUT2D eigenvalue weighted by atomic mass is 16.6. The van der Waals surface area contributed by atoms with Crippen LogP contribution in [-0.2, 0) is 9.53 Å². The quantitative estimate of drug-likeness (QED) is 0.292. The molecule has 0 bridgehead atoms. The van der Waals surface area contributed by atoms with Gasteiger partial charge in [-0.1, -0.05) is 12.1 Å². The summed E-state index contributed by atoms with van der Waals surface area (Å²) in [5.41, 5.74) is 1.81. The number of amides is 1. The summed E-state index contributed by atoms with van der Waals surface area (Å²) in [4.78, 5) is 28.7. The van der Waals surface area contributed by atoms with Crippen LogP contribution in [0.25, 0.3) is 0 Å². The van der Waals surface area contributed by atoms with E-state index in [0.717, 1.165) is 22.1 Å². The number of hydrogen-bond donors (Lipinski definition) is 4. The molecular weight excluding hydrogens is 462 g/mol. The van der Waals surface area contributed by atoms with Gasteiger partial charge in [-0.05, 0) is 62.7 Å². The van der Waals surface area contributed by atoms with Crippen LogP contribution in [0.1, 0.15) is 42.6 Å². The smallest absolute Gasteiger partial charge is 0.325 e. The summed E-state index contributed by atoms with van der Waals surface area (Å²) < 4.78 is 10.8. The van der Waals surface area contributed by atoms with Gasteiger partial charge < -0.3 is 25.3 Å². The molecule has 0 aliphatic carbocycles. The van der Waals surface area contributed by atoms with E-state index in [0.29, 0.717) is 25.3 Å². The van der Waals surface area contributed by atoms with Gasteiger partial charge in [0, 0.05) is 37.0 Å². The van der Waals surface area contributed by atoms with E-state index in [-0.39, 0.29) is 24.7 Å². The Balaban J connectivity index is 1.46. The second-order valence-corrected chi connectivity index (χ2v) is 9.50. The SMILES string of the molecule is CN(O)CCOc1ccc(NC2N=CC(c3ccc(C(=O)NCC(=O)OC(C)(C)C)cc3)CN2)cc1. The van der Waals surface area contributed by atoms with Crippen LogP contribution in [0.15, 0.2) is 53.5 Å². The first-order valence-corrected chi connectivity index (χ1v) is 11.9. The summed E-state index contributed by atoms with van der Waals surface area (Å²) in [6.07, 6.45) is 1.64. The highest BCUT2D eigenvalue weighted by molar-refractivity contribution is 5.96. The monoisotopic (exact) mass is 497 g/mol. The van der Waals surface area contributed by atoms with E-state index in [2.05, 4.69) is 20.9 Å². The average Bonchev–Trinajstić information content (AvgIpc) is 2.83. The van der Waals surface area contributed by atoms with Gasteiger partial charge in [-0.15, -0.1) is 0 Å². The predicted molar refractivity (Wildman–Crippen MR) is 138 cm³/mol. The van der Waals surface area contributed by atoms with Crippen LogP contribution in [0.5, 0.6) is 5.75 Å². The zero-order valence-electron chi connectivity index (χ0n) is 21.2. The fraction of sp³-hybridized carbons (Fsp3) is 0.423. The lowest BCUT2D eigenvalue weighted by atomic mass is 9.98. The Hall–Kier alpha value is -3.47. The molecule has 0 saturated carbocycles. The van der Waals surface area contributed by atoms with Crippen LogP contribution >= 0.6 is 0 Å². The number of aliphatic imine (C=N–C) groups is 1. The van der Waals surface area contributed by atoms with Gasteiger partial charge in [0.2, 0.25) is 0 Å². The van der Waals surface area contributed by atoms with Gasteiger partial charge in [-0.25, -0.2) is 0 Å². The normalized spacial score (nSPS) is 17.5. The highest BCUT2D eigenvalue weighted by Crippen LogP contribution is 2.20. The molecule has 0 spiro atoms. The van der Waals surface area contributed by atoms with Crippen molar-refractivity contribution in [1.82, 2.24) is 15.7 Å². The number of hydroxylamine groups is 2. The molecule has 0 radical (unpaired) electrons. The molecule has 1 aliphatic heterocycles. The van der Waals surface area contributed by atoms with Crippen molar-refractivity contribution in [1.29, 1.82) is 0 Å². The number of hydrogen-bond acceptors (Lipinski definition) is 9. The lowest BCUT2D eigenvalue weighted by Gasteiger charge is -2.25. The van der Waals surface area contributed by atoms with E-state index in [4.69, 9.17) is 14.7 Å². The van der Waals surface area contributed by atoms with Crippen molar-refractivity contribution in [2.24, 2.45) is 4.99 Å². The van der Waals surface area contributed by atoms with Gasteiger partial charge >= 0.3 is 5.97 Å². The Morgan fingerprint density at radius 1 is 1.14 bits per heavy atom. The number of likely N-dealkylation sites (N-methyl/N-ethyl adjacent to an activating group) is 1. The lowest BCUT2D eigenvalue weighted by molar-refractivity contribution is -0.153. The number of carbonyl (C=O) groups is 2. The second-order valence-electron chi connectivity index (χ2n) is 9.50. The topological polar surface area (TPSA) is 125 Å². The average molecular weight is 498 g/mol. The molecule has 1 amide bonds.